The van der Waals surface area contributed by atoms with Gasteiger partial charge < -0.3 is 0 Å². The van der Waals surface area contributed by atoms with Crippen molar-refractivity contribution >= 4 is 23.5 Å². The highest BCUT2D eigenvalue weighted by Crippen LogP contribution is 2.29. The molecule has 0 bridgehead atoms. The van der Waals surface area contributed by atoms with Crippen LogP contribution in [0.5, 0.6) is 0 Å². The number of halogens is 1. The highest BCUT2D eigenvalue weighted by atomic mass is 35.5. The first-order valence-electron chi connectivity index (χ1n) is 4.59. The summed E-state index contributed by atoms with van der Waals surface area (Å²) in [7, 11) is 1.77. The normalized spacial score (nSPS) is 9.88. The Kier molecular flexibility index (Phi) is 2.86. The summed E-state index contributed by atoms with van der Waals surface area (Å²) >= 11 is 6.07. The van der Waals surface area contributed by atoms with E-state index in [1.54, 1.807) is 23.9 Å². The molecule has 1 heterocycles. The minimum absolute atomic E-state index is 0.326. The van der Waals surface area contributed by atoms with Crippen molar-refractivity contribution in [3.8, 4) is 11.3 Å². The van der Waals surface area contributed by atoms with Crippen LogP contribution in [0.2, 0.25) is 5.02 Å². The van der Waals surface area contributed by atoms with E-state index in [1.807, 2.05) is 18.2 Å². The zero-order valence-corrected chi connectivity index (χ0v) is 9.27. The molecule has 0 radical (unpaired) electrons. The van der Waals surface area contributed by atoms with Gasteiger partial charge in [0.2, 0.25) is 6.08 Å². The van der Waals surface area contributed by atoms with Crippen molar-refractivity contribution in [3.05, 3.63) is 35.4 Å². The maximum atomic E-state index is 10.1. The van der Waals surface area contributed by atoms with Gasteiger partial charge in [0.15, 0.2) is 5.82 Å². The van der Waals surface area contributed by atoms with Gasteiger partial charge in [-0.3, -0.25) is 4.68 Å². The fourth-order valence-corrected chi connectivity index (χ4v) is 1.71. The van der Waals surface area contributed by atoms with Gasteiger partial charge in [-0.25, -0.2) is 4.79 Å². The topological polar surface area (TPSA) is 47.2 Å². The van der Waals surface area contributed by atoms with Gasteiger partial charge in [0.25, 0.3) is 0 Å². The Morgan fingerprint density at radius 3 is 2.88 bits per heavy atom. The molecule has 2 aromatic rings. The molecule has 0 aliphatic heterocycles. The Labute approximate surface area is 97.2 Å². The summed E-state index contributed by atoms with van der Waals surface area (Å²) in [4.78, 5) is 13.6. The first kappa shape index (κ1) is 10.6. The third-order valence-corrected chi connectivity index (χ3v) is 2.51. The van der Waals surface area contributed by atoms with Crippen LogP contribution in [0.15, 0.2) is 35.3 Å². The first-order chi connectivity index (χ1) is 7.72. The smallest absolute Gasteiger partial charge is 0.242 e. The first-order valence-corrected chi connectivity index (χ1v) is 4.97. The number of aryl methyl sites for hydroxylation is 1. The lowest BCUT2D eigenvalue weighted by Crippen LogP contribution is -1.93. The Hall–Kier alpha value is -1.90. The summed E-state index contributed by atoms with van der Waals surface area (Å²) in [5.41, 5.74) is 1.66. The Morgan fingerprint density at radius 2 is 2.19 bits per heavy atom. The molecule has 0 unspecified atom stereocenters. The molecule has 0 atom stereocenters. The van der Waals surface area contributed by atoms with E-state index in [9.17, 15) is 4.79 Å². The predicted molar refractivity (Wildman–Crippen MR) is 61.4 cm³/mol. The molecule has 1 aromatic carbocycles. The number of rotatable bonds is 2. The van der Waals surface area contributed by atoms with Gasteiger partial charge in [-0.15, -0.1) is 4.99 Å². The third kappa shape index (κ3) is 1.89. The lowest BCUT2D eigenvalue weighted by molar-refractivity contribution is 0.565. The molecule has 0 fully saturated rings. The minimum atomic E-state index is 0.326. The fourth-order valence-electron chi connectivity index (χ4n) is 1.47. The van der Waals surface area contributed by atoms with E-state index in [0.29, 0.717) is 10.8 Å². The molecule has 1 aromatic heterocycles. The predicted octanol–water partition coefficient (Wildman–Crippen LogP) is 2.71. The van der Waals surface area contributed by atoms with Gasteiger partial charge in [-0.05, 0) is 6.07 Å². The van der Waals surface area contributed by atoms with Crippen molar-refractivity contribution < 1.29 is 4.79 Å². The van der Waals surface area contributed by atoms with E-state index in [-0.39, 0.29) is 0 Å². The average molecular weight is 234 g/mol. The summed E-state index contributed by atoms with van der Waals surface area (Å²) in [6.07, 6.45) is 1.46. The van der Waals surface area contributed by atoms with Crippen molar-refractivity contribution in [2.45, 2.75) is 0 Å². The standard InChI is InChI=1S/C11H8ClN3O/c1-15-10(6-11(14-15)13-7-16)8-4-2-3-5-9(8)12/h2-6H,1H3. The van der Waals surface area contributed by atoms with Crippen molar-refractivity contribution in [1.29, 1.82) is 0 Å². The van der Waals surface area contributed by atoms with Crippen LogP contribution in [0.3, 0.4) is 0 Å². The third-order valence-electron chi connectivity index (χ3n) is 2.18. The van der Waals surface area contributed by atoms with Crippen LogP contribution < -0.4 is 0 Å². The SMILES string of the molecule is Cn1nc(N=C=O)cc1-c1ccccc1Cl. The molecule has 16 heavy (non-hydrogen) atoms. The number of hydrogen-bond acceptors (Lipinski definition) is 3. The molecule has 0 amide bonds. The number of aliphatic imine (C=N–C) groups is 1. The van der Waals surface area contributed by atoms with Crippen molar-refractivity contribution in [2.24, 2.45) is 12.0 Å². The second-order valence-corrected chi connectivity index (χ2v) is 3.60. The molecule has 0 aliphatic carbocycles. The van der Waals surface area contributed by atoms with E-state index in [0.717, 1.165) is 11.3 Å². The van der Waals surface area contributed by atoms with E-state index in [1.165, 1.54) is 6.08 Å². The molecule has 0 saturated carbocycles. The summed E-state index contributed by atoms with van der Waals surface area (Å²) in [6, 6.07) is 9.11. The Balaban J connectivity index is 2.56. The number of hydrogen-bond donors (Lipinski definition) is 0. The lowest BCUT2D eigenvalue weighted by atomic mass is 10.1. The van der Waals surface area contributed by atoms with Gasteiger partial charge in [-0.2, -0.15) is 5.10 Å². The zero-order valence-electron chi connectivity index (χ0n) is 8.51. The summed E-state index contributed by atoms with van der Waals surface area (Å²) in [5, 5.41) is 4.68. The van der Waals surface area contributed by atoms with Gasteiger partial charge in [-0.1, -0.05) is 29.8 Å². The Bertz CT molecular complexity index is 570. The highest BCUT2D eigenvalue weighted by molar-refractivity contribution is 6.33. The van der Waals surface area contributed by atoms with Crippen LogP contribution in [0.1, 0.15) is 0 Å². The molecule has 80 valence electrons. The number of isocyanates is 1. The second-order valence-electron chi connectivity index (χ2n) is 3.19. The van der Waals surface area contributed by atoms with Gasteiger partial charge in [0.1, 0.15) is 0 Å². The lowest BCUT2D eigenvalue weighted by Gasteiger charge is -2.03. The summed E-state index contributed by atoms with van der Waals surface area (Å²) in [6.45, 7) is 0. The summed E-state index contributed by atoms with van der Waals surface area (Å²) < 4.78 is 1.62. The monoisotopic (exact) mass is 233 g/mol. The van der Waals surface area contributed by atoms with Crippen LogP contribution in [-0.4, -0.2) is 15.9 Å². The molecule has 0 N–H and O–H groups in total. The van der Waals surface area contributed by atoms with Crippen LogP contribution in [0, 0.1) is 0 Å². The molecule has 0 aliphatic rings. The molecule has 0 saturated heterocycles. The van der Waals surface area contributed by atoms with E-state index >= 15 is 0 Å². The minimum Gasteiger partial charge on any atom is -0.266 e. The van der Waals surface area contributed by atoms with Crippen LogP contribution in [0.25, 0.3) is 11.3 Å². The van der Waals surface area contributed by atoms with E-state index in [2.05, 4.69) is 10.1 Å². The Morgan fingerprint density at radius 1 is 1.44 bits per heavy atom. The van der Waals surface area contributed by atoms with Crippen molar-refractivity contribution in [2.75, 3.05) is 0 Å². The fraction of sp³-hybridized carbons (Fsp3) is 0.0909. The zero-order chi connectivity index (χ0) is 11.5. The van der Waals surface area contributed by atoms with E-state index in [4.69, 9.17) is 11.6 Å². The summed E-state index contributed by atoms with van der Waals surface area (Å²) in [5.74, 6) is 0.326. The largest absolute Gasteiger partial charge is 0.266 e. The van der Waals surface area contributed by atoms with E-state index < -0.39 is 0 Å². The van der Waals surface area contributed by atoms with Crippen LogP contribution in [0.4, 0.5) is 5.82 Å². The van der Waals surface area contributed by atoms with Crippen LogP contribution >= 0.6 is 11.6 Å². The average Bonchev–Trinajstić information content (AvgIpc) is 2.61. The number of benzene rings is 1. The maximum absolute atomic E-state index is 10.1. The molecule has 0 spiro atoms. The van der Waals surface area contributed by atoms with Gasteiger partial charge in [0.05, 0.1) is 5.69 Å². The van der Waals surface area contributed by atoms with Crippen molar-refractivity contribution in [1.82, 2.24) is 9.78 Å². The number of aromatic nitrogens is 2. The van der Waals surface area contributed by atoms with Gasteiger partial charge in [0, 0.05) is 23.7 Å². The van der Waals surface area contributed by atoms with Crippen LogP contribution in [-0.2, 0) is 11.8 Å². The molecular formula is C11H8ClN3O. The molecular weight excluding hydrogens is 226 g/mol. The highest BCUT2D eigenvalue weighted by Gasteiger charge is 2.09. The van der Waals surface area contributed by atoms with Crippen molar-refractivity contribution in [3.63, 3.8) is 0 Å². The maximum Gasteiger partial charge on any atom is 0.242 e. The second kappa shape index (κ2) is 4.31. The van der Waals surface area contributed by atoms with Gasteiger partial charge >= 0.3 is 0 Å². The number of nitrogens with zero attached hydrogens (tertiary/aromatic N) is 3. The molecule has 5 heteroatoms. The quantitative estimate of drug-likeness (QED) is 0.592. The molecule has 4 nitrogen and oxygen atoms in total. The number of carbonyl (C=O) groups excluding carboxylic acids is 1. The molecule has 2 rings (SSSR count).